The van der Waals surface area contributed by atoms with Crippen LogP contribution in [0.15, 0.2) is 73.6 Å². The van der Waals surface area contributed by atoms with Gasteiger partial charge in [0.1, 0.15) is 25.0 Å². The second-order valence-corrected chi connectivity index (χ2v) is 6.63. The summed E-state index contributed by atoms with van der Waals surface area (Å²) in [6.07, 6.45) is 3.16. The van der Waals surface area contributed by atoms with Crippen molar-refractivity contribution in [3.63, 3.8) is 0 Å². The van der Waals surface area contributed by atoms with Gasteiger partial charge in [-0.1, -0.05) is 13.2 Å². The fourth-order valence-electron chi connectivity index (χ4n) is 2.24. The average Bonchev–Trinajstić information content (AvgIpc) is 2.79. The lowest BCUT2D eigenvalue weighted by atomic mass is 10.0. The lowest BCUT2D eigenvalue weighted by molar-refractivity contribution is -0.134. The molecule has 0 amide bonds. The molecule has 0 aliphatic rings. The maximum atomic E-state index is 14.5. The van der Waals surface area contributed by atoms with Crippen molar-refractivity contribution in [3.8, 4) is 22.6 Å². The molecule has 10 heteroatoms. The number of carbonyl (C=O) groups excluding carboxylic acids is 2. The Morgan fingerprint density at radius 2 is 1.00 bits per heavy atom. The highest BCUT2D eigenvalue weighted by atomic mass is 19.2. The third kappa shape index (κ3) is 6.35. The van der Waals surface area contributed by atoms with Gasteiger partial charge in [0, 0.05) is 22.3 Å². The van der Waals surface area contributed by atoms with Crippen LogP contribution < -0.4 is 9.47 Å². The molecule has 0 saturated carbocycles. The molecule has 0 fully saturated rings. The van der Waals surface area contributed by atoms with Gasteiger partial charge in [0.05, 0.1) is 0 Å². The van der Waals surface area contributed by atoms with E-state index in [-0.39, 0.29) is 11.1 Å². The predicted octanol–water partition coefficient (Wildman–Crippen LogP) is 5.85. The molecule has 0 saturated heterocycles. The van der Waals surface area contributed by atoms with E-state index in [1.807, 2.05) is 0 Å². The van der Waals surface area contributed by atoms with E-state index < -0.39 is 57.8 Å². The van der Waals surface area contributed by atoms with E-state index in [9.17, 15) is 27.2 Å². The van der Waals surface area contributed by atoms with Crippen LogP contribution in [0.1, 0.15) is 13.8 Å². The minimum Gasteiger partial charge on any atom is -0.459 e. The Morgan fingerprint density at radius 1 is 0.647 bits per heavy atom. The zero-order valence-corrected chi connectivity index (χ0v) is 18.0. The Bertz CT molecular complexity index is 1110. The lowest BCUT2D eigenvalue weighted by Crippen LogP contribution is -2.01. The molecule has 2 rings (SSSR count). The molecule has 0 unspecified atom stereocenters. The first-order valence-electron chi connectivity index (χ1n) is 9.37. The first-order valence-corrected chi connectivity index (χ1v) is 9.37. The van der Waals surface area contributed by atoms with Gasteiger partial charge < -0.3 is 18.9 Å². The van der Waals surface area contributed by atoms with Crippen molar-refractivity contribution in [3.05, 3.63) is 96.9 Å². The number of ether oxygens (including phenoxy) is 4. The first-order chi connectivity index (χ1) is 16.0. The van der Waals surface area contributed by atoms with Crippen molar-refractivity contribution < 1.29 is 46.1 Å². The van der Waals surface area contributed by atoms with Crippen molar-refractivity contribution in [2.45, 2.75) is 13.8 Å². The number of hydrogen-bond donors (Lipinski definition) is 0. The minimum atomic E-state index is -1.51. The van der Waals surface area contributed by atoms with E-state index in [0.717, 1.165) is 49.3 Å². The van der Waals surface area contributed by atoms with Gasteiger partial charge in [-0.25, -0.2) is 18.4 Å². The summed E-state index contributed by atoms with van der Waals surface area (Å²) in [7, 11) is 0. The molecule has 0 spiro atoms. The SMILES string of the molecule is C=C(C)C(=O)O/C=C\Oc1ccc(-c2ccc(O/C=C\OC(=O)C(=C)C)c(F)c2F)c(F)c1F. The number of halogens is 4. The van der Waals surface area contributed by atoms with Crippen LogP contribution in [0.3, 0.4) is 0 Å². The second kappa shape index (κ2) is 11.5. The number of carbonyl (C=O) groups is 2. The van der Waals surface area contributed by atoms with Crippen LogP contribution in [0.25, 0.3) is 11.1 Å². The van der Waals surface area contributed by atoms with Gasteiger partial charge in [0.2, 0.25) is 11.6 Å². The summed E-state index contributed by atoms with van der Waals surface area (Å²) in [5.41, 5.74) is -0.953. The molecule has 0 N–H and O–H groups in total. The summed E-state index contributed by atoms with van der Waals surface area (Å²) >= 11 is 0. The fraction of sp³-hybridized carbons (Fsp3) is 0.0833. The van der Waals surface area contributed by atoms with Gasteiger partial charge in [-0.15, -0.1) is 0 Å². The molecule has 0 aliphatic carbocycles. The van der Waals surface area contributed by atoms with Crippen molar-refractivity contribution in [1.82, 2.24) is 0 Å². The van der Waals surface area contributed by atoms with E-state index in [2.05, 4.69) is 22.6 Å². The van der Waals surface area contributed by atoms with Gasteiger partial charge in [-0.05, 0) is 38.1 Å². The number of benzene rings is 2. The monoisotopic (exact) mass is 478 g/mol. The maximum absolute atomic E-state index is 14.5. The van der Waals surface area contributed by atoms with E-state index in [4.69, 9.17) is 9.47 Å². The van der Waals surface area contributed by atoms with Crippen LogP contribution >= 0.6 is 0 Å². The van der Waals surface area contributed by atoms with Crippen molar-refractivity contribution in [1.29, 1.82) is 0 Å². The Balaban J connectivity index is 2.19. The van der Waals surface area contributed by atoms with Crippen LogP contribution in [-0.2, 0) is 19.1 Å². The topological polar surface area (TPSA) is 71.1 Å². The van der Waals surface area contributed by atoms with E-state index in [1.54, 1.807) is 0 Å². The van der Waals surface area contributed by atoms with Gasteiger partial charge >= 0.3 is 11.9 Å². The van der Waals surface area contributed by atoms with Gasteiger partial charge in [-0.3, -0.25) is 0 Å². The third-order valence-corrected chi connectivity index (χ3v) is 3.93. The van der Waals surface area contributed by atoms with Crippen LogP contribution in [0.5, 0.6) is 11.5 Å². The van der Waals surface area contributed by atoms with E-state index >= 15 is 0 Å². The molecule has 0 aliphatic heterocycles. The number of esters is 2. The molecule has 0 heterocycles. The maximum Gasteiger partial charge on any atom is 0.338 e. The van der Waals surface area contributed by atoms with E-state index in [0.29, 0.717) is 0 Å². The second-order valence-electron chi connectivity index (χ2n) is 6.63. The molecule has 34 heavy (non-hydrogen) atoms. The smallest absolute Gasteiger partial charge is 0.338 e. The standard InChI is InChI=1S/C24H18F4O6/c1-13(2)23(29)33-11-9-31-17-7-5-15(19(25)21(17)27)16-6-8-18(22(28)20(16)26)32-10-12-34-24(30)14(3)4/h5-12H,1,3H2,2,4H3/b11-9-,12-10-. The summed E-state index contributed by atoms with van der Waals surface area (Å²) in [6, 6.07) is 3.88. The molecular formula is C24H18F4O6. The molecule has 0 radical (unpaired) electrons. The van der Waals surface area contributed by atoms with Crippen LogP contribution in [0, 0.1) is 23.3 Å². The van der Waals surface area contributed by atoms with Gasteiger partial charge in [0.15, 0.2) is 23.1 Å². The molecule has 2 aromatic rings. The van der Waals surface area contributed by atoms with Crippen molar-refractivity contribution in [2.75, 3.05) is 0 Å². The molecule has 2 aromatic carbocycles. The largest absolute Gasteiger partial charge is 0.459 e. The van der Waals surface area contributed by atoms with Crippen LogP contribution in [0.2, 0.25) is 0 Å². The van der Waals surface area contributed by atoms with Crippen molar-refractivity contribution in [2.24, 2.45) is 0 Å². The predicted molar refractivity (Wildman–Crippen MR) is 113 cm³/mol. The zero-order valence-electron chi connectivity index (χ0n) is 18.0. The molecule has 0 aromatic heterocycles. The third-order valence-electron chi connectivity index (χ3n) is 3.93. The Morgan fingerprint density at radius 3 is 1.32 bits per heavy atom. The zero-order chi connectivity index (χ0) is 25.4. The Kier molecular flexibility index (Phi) is 8.77. The summed E-state index contributed by atoms with van der Waals surface area (Å²) in [4.78, 5) is 22.4. The Hall–Kier alpha value is -4.34. The molecular weight excluding hydrogens is 460 g/mol. The minimum absolute atomic E-state index is 0.110. The first kappa shape index (κ1) is 25.9. The summed E-state index contributed by atoms with van der Waals surface area (Å²) in [5.74, 6) is -8.71. The quantitative estimate of drug-likeness (QED) is 0.195. The summed E-state index contributed by atoms with van der Waals surface area (Å²) in [6.45, 7) is 9.53. The normalized spacial score (nSPS) is 10.9. The summed E-state index contributed by atoms with van der Waals surface area (Å²) < 4.78 is 76.7. The average molecular weight is 478 g/mol. The van der Waals surface area contributed by atoms with E-state index in [1.165, 1.54) is 13.8 Å². The molecule has 0 atom stereocenters. The summed E-state index contributed by atoms with van der Waals surface area (Å²) in [5, 5.41) is 0. The highest BCUT2D eigenvalue weighted by Gasteiger charge is 2.21. The molecule has 0 bridgehead atoms. The number of rotatable bonds is 9. The van der Waals surface area contributed by atoms with Gasteiger partial charge in [-0.2, -0.15) is 8.78 Å². The van der Waals surface area contributed by atoms with Crippen LogP contribution in [0.4, 0.5) is 17.6 Å². The van der Waals surface area contributed by atoms with Gasteiger partial charge in [0.25, 0.3) is 0 Å². The number of hydrogen-bond acceptors (Lipinski definition) is 6. The van der Waals surface area contributed by atoms with Crippen LogP contribution in [-0.4, -0.2) is 11.9 Å². The molecule has 6 nitrogen and oxygen atoms in total. The highest BCUT2D eigenvalue weighted by Crippen LogP contribution is 2.34. The lowest BCUT2D eigenvalue weighted by Gasteiger charge is -2.11. The fourth-order valence-corrected chi connectivity index (χ4v) is 2.24. The van der Waals surface area contributed by atoms with Crippen molar-refractivity contribution >= 4 is 11.9 Å². The Labute approximate surface area is 192 Å². The highest BCUT2D eigenvalue weighted by molar-refractivity contribution is 5.87. The molecule has 178 valence electrons.